The minimum atomic E-state index is -0.926. The Balaban J connectivity index is 1.33. The molecule has 0 spiro atoms. The van der Waals surface area contributed by atoms with Gasteiger partial charge >= 0.3 is 0 Å². The molecule has 0 radical (unpaired) electrons. The number of rotatable bonds is 4. The van der Waals surface area contributed by atoms with Gasteiger partial charge in [-0.2, -0.15) is 0 Å². The third kappa shape index (κ3) is 3.62. The highest BCUT2D eigenvalue weighted by Crippen LogP contribution is 2.53. The fraction of sp³-hybridized carbons (Fsp3) is 0.156. The van der Waals surface area contributed by atoms with Crippen molar-refractivity contribution in [1.82, 2.24) is 4.90 Å². The zero-order valence-corrected chi connectivity index (χ0v) is 22.2. The van der Waals surface area contributed by atoms with E-state index in [-0.39, 0.29) is 11.8 Å². The van der Waals surface area contributed by atoms with Gasteiger partial charge in [0.25, 0.3) is 0 Å². The lowest BCUT2D eigenvalue weighted by atomic mass is 9.84. The van der Waals surface area contributed by atoms with Crippen LogP contribution in [0.25, 0.3) is 16.8 Å². The van der Waals surface area contributed by atoms with Gasteiger partial charge in [-0.1, -0.05) is 66.2 Å². The zero-order chi connectivity index (χ0) is 27.5. The summed E-state index contributed by atoms with van der Waals surface area (Å²) in [7, 11) is 1.51. The third-order valence-electron chi connectivity index (χ3n) is 8.14. The fourth-order valence-electron chi connectivity index (χ4n) is 6.41. The Labute approximate surface area is 235 Å². The van der Waals surface area contributed by atoms with Crippen molar-refractivity contribution in [3.63, 3.8) is 0 Å². The molecule has 198 valence electrons. The van der Waals surface area contributed by atoms with Gasteiger partial charge in [0, 0.05) is 11.2 Å². The Morgan fingerprint density at radius 1 is 0.875 bits per heavy atom. The van der Waals surface area contributed by atoms with E-state index in [2.05, 4.69) is 5.32 Å². The van der Waals surface area contributed by atoms with E-state index in [1.807, 2.05) is 77.8 Å². The highest BCUT2D eigenvalue weighted by Gasteiger charge is 2.64. The smallest absolute Gasteiger partial charge is 0.248 e. The topological polar surface area (TPSA) is 79.0 Å². The van der Waals surface area contributed by atoms with Crippen LogP contribution < -0.4 is 15.0 Å². The number of nitrogens with one attached hydrogen (secondary N) is 1. The Kier molecular flexibility index (Phi) is 5.64. The first-order chi connectivity index (χ1) is 19.5. The van der Waals surface area contributed by atoms with Gasteiger partial charge in [-0.3, -0.25) is 14.4 Å². The maximum absolute atomic E-state index is 14.2. The molecule has 40 heavy (non-hydrogen) atoms. The van der Waals surface area contributed by atoms with Crippen LogP contribution >= 0.6 is 11.6 Å². The van der Waals surface area contributed by atoms with Crippen molar-refractivity contribution in [1.29, 1.82) is 0 Å². The number of benzene rings is 4. The number of carbonyl (C=O) groups excluding carboxylic acids is 3. The average molecular weight is 550 g/mol. The monoisotopic (exact) mass is 549 g/mol. The number of methoxy groups -OCH3 is 1. The quantitative estimate of drug-likeness (QED) is 0.333. The zero-order valence-electron chi connectivity index (χ0n) is 21.5. The van der Waals surface area contributed by atoms with E-state index < -0.39 is 29.8 Å². The van der Waals surface area contributed by atoms with Crippen LogP contribution in [0.4, 0.5) is 11.4 Å². The van der Waals surface area contributed by atoms with Crippen molar-refractivity contribution >= 4 is 57.5 Å². The third-order valence-corrected chi connectivity index (χ3v) is 8.38. The molecular formula is C32H24ClN3O4. The van der Waals surface area contributed by atoms with Gasteiger partial charge in [0.15, 0.2) is 0 Å². The highest BCUT2D eigenvalue weighted by atomic mass is 35.5. The van der Waals surface area contributed by atoms with E-state index in [1.54, 1.807) is 24.3 Å². The molecule has 7 nitrogen and oxygen atoms in total. The summed E-state index contributed by atoms with van der Waals surface area (Å²) in [4.78, 5) is 45.4. The van der Waals surface area contributed by atoms with Crippen LogP contribution in [0.5, 0.6) is 5.75 Å². The van der Waals surface area contributed by atoms with Gasteiger partial charge < -0.3 is 15.0 Å². The van der Waals surface area contributed by atoms with E-state index in [4.69, 9.17) is 16.3 Å². The van der Waals surface area contributed by atoms with Crippen molar-refractivity contribution in [2.24, 2.45) is 11.8 Å². The molecule has 0 bridgehead atoms. The van der Waals surface area contributed by atoms with Crippen LogP contribution in [-0.2, 0) is 14.4 Å². The van der Waals surface area contributed by atoms with Gasteiger partial charge in [-0.05, 0) is 58.3 Å². The Morgan fingerprint density at radius 2 is 1.62 bits per heavy atom. The molecule has 8 heteroatoms. The molecule has 1 N–H and O–H groups in total. The number of halogens is 1. The summed E-state index contributed by atoms with van der Waals surface area (Å²) >= 11 is 6.21. The number of anilines is 2. The van der Waals surface area contributed by atoms with Crippen LogP contribution in [-0.4, -0.2) is 35.8 Å². The number of hydrogen-bond acceptors (Lipinski definition) is 5. The summed E-state index contributed by atoms with van der Waals surface area (Å²) in [5.41, 5.74) is 2.77. The molecule has 7 rings (SSSR count). The second-order valence-corrected chi connectivity index (χ2v) is 10.6. The summed E-state index contributed by atoms with van der Waals surface area (Å²) in [5.74, 6) is -2.28. The molecule has 3 aliphatic heterocycles. The summed E-state index contributed by atoms with van der Waals surface area (Å²) in [5, 5.41) is 5.29. The molecule has 0 aromatic heterocycles. The van der Waals surface area contributed by atoms with Crippen molar-refractivity contribution in [2.75, 3.05) is 17.3 Å². The Morgan fingerprint density at radius 3 is 2.45 bits per heavy atom. The molecule has 2 saturated heterocycles. The second kappa shape index (κ2) is 9.24. The SMILES string of the molecule is COc1ccc(Cl)cc1NC(=O)[C@@H]1[C@@H]2C(=O)N(c3ccc4ccccc4c3)C(=O)[C@H]2[C@@H]2c3ccccc3C=CN12. The van der Waals surface area contributed by atoms with E-state index in [0.717, 1.165) is 21.9 Å². The van der Waals surface area contributed by atoms with Gasteiger partial charge in [0.1, 0.15) is 11.8 Å². The van der Waals surface area contributed by atoms with Gasteiger partial charge in [-0.15, -0.1) is 0 Å². The molecule has 3 amide bonds. The molecular weight excluding hydrogens is 526 g/mol. The maximum atomic E-state index is 14.2. The van der Waals surface area contributed by atoms with Crippen LogP contribution in [0.2, 0.25) is 5.02 Å². The molecule has 4 aromatic carbocycles. The molecule has 0 aliphatic carbocycles. The van der Waals surface area contributed by atoms with Gasteiger partial charge in [-0.25, -0.2) is 4.90 Å². The van der Waals surface area contributed by atoms with Gasteiger partial charge in [0.05, 0.1) is 36.4 Å². The van der Waals surface area contributed by atoms with E-state index in [9.17, 15) is 14.4 Å². The molecule has 4 aromatic rings. The summed E-state index contributed by atoms with van der Waals surface area (Å²) in [6.45, 7) is 0. The Bertz CT molecular complexity index is 1750. The molecule has 3 aliphatic rings. The standard InChI is InChI=1S/C32H24ClN3O4/c1-40-25-13-11-21(33)17-24(25)34-30(37)29-27-26(28-23-9-5-4-7-19(23)14-15-35(28)29)31(38)36(32(27)39)22-12-10-18-6-2-3-8-20(18)16-22/h2-17,26-29H,1H3,(H,34,37)/t26-,27-,28+,29+/m1/s1. The van der Waals surface area contributed by atoms with Crippen molar-refractivity contribution < 1.29 is 19.1 Å². The van der Waals surface area contributed by atoms with E-state index >= 15 is 0 Å². The average Bonchev–Trinajstić information content (AvgIpc) is 3.45. The first-order valence-electron chi connectivity index (χ1n) is 13.0. The number of fused-ring (bicyclic) bond motifs is 6. The van der Waals surface area contributed by atoms with Crippen molar-refractivity contribution in [3.05, 3.63) is 107 Å². The lowest BCUT2D eigenvalue weighted by Crippen LogP contribution is -2.46. The summed E-state index contributed by atoms with van der Waals surface area (Å²) in [6, 6.07) is 24.7. The first kappa shape index (κ1) is 24.4. The first-order valence-corrected chi connectivity index (χ1v) is 13.4. The van der Waals surface area contributed by atoms with Crippen molar-refractivity contribution in [2.45, 2.75) is 12.1 Å². The Hall–Kier alpha value is -4.62. The molecule has 4 atom stereocenters. The lowest BCUT2D eigenvalue weighted by Gasteiger charge is -2.35. The number of amides is 3. The number of ether oxygens (including phenoxy) is 1. The normalized spacial score (nSPS) is 22.8. The number of nitrogens with zero attached hydrogens (tertiary/aromatic N) is 2. The lowest BCUT2D eigenvalue weighted by molar-refractivity contribution is -0.128. The van der Waals surface area contributed by atoms with Crippen LogP contribution in [0.3, 0.4) is 0 Å². The number of carbonyl (C=O) groups is 3. The van der Waals surface area contributed by atoms with Gasteiger partial charge in [0.2, 0.25) is 17.7 Å². The molecule has 0 unspecified atom stereocenters. The van der Waals surface area contributed by atoms with Crippen LogP contribution in [0, 0.1) is 11.8 Å². The number of imide groups is 1. The van der Waals surface area contributed by atoms with E-state index in [0.29, 0.717) is 22.1 Å². The molecule has 2 fully saturated rings. The second-order valence-electron chi connectivity index (χ2n) is 10.2. The van der Waals surface area contributed by atoms with Crippen LogP contribution in [0.15, 0.2) is 91.1 Å². The highest BCUT2D eigenvalue weighted by molar-refractivity contribution is 6.31. The maximum Gasteiger partial charge on any atom is 0.248 e. The molecule has 3 heterocycles. The number of hydrogen-bond donors (Lipinski definition) is 1. The minimum absolute atomic E-state index is 0.305. The summed E-state index contributed by atoms with van der Waals surface area (Å²) < 4.78 is 5.42. The summed E-state index contributed by atoms with van der Waals surface area (Å²) in [6.07, 6.45) is 3.74. The predicted octanol–water partition coefficient (Wildman–Crippen LogP) is 5.66. The molecule has 0 saturated carbocycles. The fourth-order valence-corrected chi connectivity index (χ4v) is 6.58. The van der Waals surface area contributed by atoms with Crippen LogP contribution in [0.1, 0.15) is 17.2 Å². The van der Waals surface area contributed by atoms with Crippen molar-refractivity contribution in [3.8, 4) is 5.75 Å². The largest absolute Gasteiger partial charge is 0.495 e. The predicted molar refractivity (Wildman–Crippen MR) is 154 cm³/mol. The minimum Gasteiger partial charge on any atom is -0.495 e. The van der Waals surface area contributed by atoms with E-state index in [1.165, 1.54) is 12.0 Å².